The molecule has 0 saturated carbocycles. The number of nitrogens with zero attached hydrogens (tertiary/aromatic N) is 3. The molecule has 1 N–H and O–H groups in total. The number of hydrogen-bond donors (Lipinski definition) is 1. The van der Waals surface area contributed by atoms with Crippen molar-refractivity contribution in [3.05, 3.63) is 30.1 Å². The molecule has 0 aliphatic carbocycles. The molecule has 1 aromatic heterocycles. The quantitative estimate of drug-likeness (QED) is 0.902. The summed E-state index contributed by atoms with van der Waals surface area (Å²) in [7, 11) is 1.94. The van der Waals surface area contributed by atoms with E-state index in [0.29, 0.717) is 19.0 Å². The minimum atomic E-state index is 0.134. The van der Waals surface area contributed by atoms with Crippen molar-refractivity contribution in [2.75, 3.05) is 38.3 Å². The van der Waals surface area contributed by atoms with Crippen LogP contribution in [0.4, 0.5) is 5.69 Å². The van der Waals surface area contributed by atoms with Crippen LogP contribution in [0, 0.1) is 0 Å². The van der Waals surface area contributed by atoms with Gasteiger partial charge in [0, 0.05) is 37.4 Å². The fraction of sp³-hybridized carbons (Fsp3) is 0.467. The number of aliphatic hydroxyl groups excluding tert-OH is 1. The summed E-state index contributed by atoms with van der Waals surface area (Å²) in [6.45, 7) is 2.17. The first kappa shape index (κ1) is 14.0. The molecule has 0 radical (unpaired) electrons. The minimum absolute atomic E-state index is 0.134. The van der Waals surface area contributed by atoms with Gasteiger partial charge in [-0.05, 0) is 30.7 Å². The first-order valence-corrected chi connectivity index (χ1v) is 7.11. The molecular weight excluding hydrogens is 270 g/mol. The van der Waals surface area contributed by atoms with Gasteiger partial charge in [0.25, 0.3) is 5.89 Å². The number of anilines is 1. The number of likely N-dealkylation sites (N-methyl/N-ethyl adjacent to an activating group) is 1. The zero-order valence-electron chi connectivity index (χ0n) is 12.0. The average Bonchev–Trinajstić information content (AvgIpc) is 3.19. The van der Waals surface area contributed by atoms with E-state index in [9.17, 15) is 0 Å². The maximum absolute atomic E-state index is 8.95. The van der Waals surface area contributed by atoms with Crippen molar-refractivity contribution in [3.63, 3.8) is 0 Å². The van der Waals surface area contributed by atoms with Crippen LogP contribution in [0.5, 0.6) is 0 Å². The van der Waals surface area contributed by atoms with Crippen LogP contribution in [0.3, 0.4) is 0 Å². The Bertz CT molecular complexity index is 576. The predicted molar refractivity (Wildman–Crippen MR) is 78.3 cm³/mol. The zero-order valence-corrected chi connectivity index (χ0v) is 12.0. The summed E-state index contributed by atoms with van der Waals surface area (Å²) >= 11 is 0. The predicted octanol–water partition coefficient (Wildman–Crippen LogP) is 1.67. The van der Waals surface area contributed by atoms with Gasteiger partial charge in [-0.15, -0.1) is 0 Å². The highest BCUT2D eigenvalue weighted by Crippen LogP contribution is 2.26. The lowest BCUT2D eigenvalue weighted by Crippen LogP contribution is -2.20. The SMILES string of the molecule is CN(CCO)c1ccc(-c2nc([C@@H]3CCOC3)no2)cc1. The van der Waals surface area contributed by atoms with E-state index in [0.717, 1.165) is 30.1 Å². The summed E-state index contributed by atoms with van der Waals surface area (Å²) in [5, 5.41) is 13.0. The third-order valence-corrected chi connectivity index (χ3v) is 3.73. The highest BCUT2D eigenvalue weighted by Gasteiger charge is 2.23. The molecule has 6 heteroatoms. The molecule has 6 nitrogen and oxygen atoms in total. The van der Waals surface area contributed by atoms with Gasteiger partial charge in [0.2, 0.25) is 0 Å². The van der Waals surface area contributed by atoms with Crippen molar-refractivity contribution in [3.8, 4) is 11.5 Å². The van der Waals surface area contributed by atoms with Crippen molar-refractivity contribution >= 4 is 5.69 Å². The van der Waals surface area contributed by atoms with Gasteiger partial charge in [0.15, 0.2) is 5.82 Å². The number of hydrogen-bond acceptors (Lipinski definition) is 6. The van der Waals surface area contributed by atoms with Gasteiger partial charge < -0.3 is 19.3 Å². The second kappa shape index (κ2) is 6.24. The fourth-order valence-electron chi connectivity index (χ4n) is 2.39. The van der Waals surface area contributed by atoms with E-state index in [1.165, 1.54) is 0 Å². The lowest BCUT2D eigenvalue weighted by atomic mass is 10.1. The van der Waals surface area contributed by atoms with E-state index < -0.39 is 0 Å². The molecule has 2 aromatic rings. The molecular formula is C15H19N3O3. The minimum Gasteiger partial charge on any atom is -0.395 e. The smallest absolute Gasteiger partial charge is 0.257 e. The monoisotopic (exact) mass is 289 g/mol. The normalized spacial score (nSPS) is 18.1. The van der Waals surface area contributed by atoms with Gasteiger partial charge in [-0.3, -0.25) is 0 Å². The maximum Gasteiger partial charge on any atom is 0.257 e. The summed E-state index contributed by atoms with van der Waals surface area (Å²) in [4.78, 5) is 6.45. The fourth-order valence-corrected chi connectivity index (χ4v) is 2.39. The Kier molecular flexibility index (Phi) is 4.17. The highest BCUT2D eigenvalue weighted by atomic mass is 16.5. The second-order valence-electron chi connectivity index (χ2n) is 5.21. The van der Waals surface area contributed by atoms with Crippen LogP contribution in [-0.2, 0) is 4.74 Å². The molecule has 1 aliphatic rings. The topological polar surface area (TPSA) is 71.6 Å². The summed E-state index contributed by atoms with van der Waals surface area (Å²) < 4.78 is 10.7. The van der Waals surface area contributed by atoms with Gasteiger partial charge in [-0.1, -0.05) is 5.16 Å². The van der Waals surface area contributed by atoms with Crippen LogP contribution in [0.25, 0.3) is 11.5 Å². The van der Waals surface area contributed by atoms with Gasteiger partial charge in [-0.25, -0.2) is 0 Å². The molecule has 1 saturated heterocycles. The molecule has 112 valence electrons. The number of aliphatic hydroxyl groups is 1. The Labute approximate surface area is 123 Å². The van der Waals surface area contributed by atoms with Crippen LogP contribution in [0.2, 0.25) is 0 Å². The third kappa shape index (κ3) is 3.06. The molecule has 0 spiro atoms. The molecule has 0 amide bonds. The van der Waals surface area contributed by atoms with Crippen molar-refractivity contribution in [1.29, 1.82) is 0 Å². The Morgan fingerprint density at radius 3 is 2.81 bits per heavy atom. The molecule has 21 heavy (non-hydrogen) atoms. The largest absolute Gasteiger partial charge is 0.395 e. The highest BCUT2D eigenvalue weighted by molar-refractivity contribution is 5.59. The number of ether oxygens (including phenoxy) is 1. The first-order valence-electron chi connectivity index (χ1n) is 7.11. The summed E-state index contributed by atoms with van der Waals surface area (Å²) in [5.41, 5.74) is 1.94. The number of benzene rings is 1. The molecule has 1 aromatic carbocycles. The van der Waals surface area contributed by atoms with E-state index in [-0.39, 0.29) is 12.5 Å². The van der Waals surface area contributed by atoms with Crippen molar-refractivity contribution < 1.29 is 14.4 Å². The van der Waals surface area contributed by atoms with Gasteiger partial charge >= 0.3 is 0 Å². The Balaban J connectivity index is 1.74. The molecule has 1 atom stereocenters. The third-order valence-electron chi connectivity index (χ3n) is 3.73. The summed E-state index contributed by atoms with van der Waals surface area (Å²) in [6, 6.07) is 7.86. The Morgan fingerprint density at radius 2 is 2.14 bits per heavy atom. The lowest BCUT2D eigenvalue weighted by Gasteiger charge is -2.17. The molecule has 1 fully saturated rings. The standard InChI is InChI=1S/C15H19N3O3/c1-18(7-8-19)13-4-2-11(3-5-13)15-16-14(17-21-15)12-6-9-20-10-12/h2-5,12,19H,6-10H2,1H3/t12-/m1/s1. The Hall–Kier alpha value is -1.92. The first-order chi connectivity index (χ1) is 10.3. The maximum atomic E-state index is 8.95. The zero-order chi connectivity index (χ0) is 14.7. The van der Waals surface area contributed by atoms with Gasteiger partial charge in [0.05, 0.1) is 13.2 Å². The van der Waals surface area contributed by atoms with Crippen molar-refractivity contribution in [2.24, 2.45) is 0 Å². The van der Waals surface area contributed by atoms with E-state index in [1.807, 2.05) is 36.2 Å². The molecule has 0 unspecified atom stereocenters. The van der Waals surface area contributed by atoms with Crippen LogP contribution < -0.4 is 4.90 Å². The van der Waals surface area contributed by atoms with E-state index in [2.05, 4.69) is 10.1 Å². The van der Waals surface area contributed by atoms with Gasteiger partial charge in [0.1, 0.15) is 0 Å². The second-order valence-corrected chi connectivity index (χ2v) is 5.21. The van der Waals surface area contributed by atoms with E-state index in [1.54, 1.807) is 0 Å². The van der Waals surface area contributed by atoms with E-state index in [4.69, 9.17) is 14.4 Å². The van der Waals surface area contributed by atoms with Crippen molar-refractivity contribution in [2.45, 2.75) is 12.3 Å². The molecule has 3 rings (SSSR count). The number of rotatable bonds is 5. The lowest BCUT2D eigenvalue weighted by molar-refractivity contribution is 0.192. The van der Waals surface area contributed by atoms with Crippen LogP contribution in [0.1, 0.15) is 18.2 Å². The summed E-state index contributed by atoms with van der Waals surface area (Å²) in [6.07, 6.45) is 0.948. The van der Waals surface area contributed by atoms with Crippen LogP contribution in [0.15, 0.2) is 28.8 Å². The average molecular weight is 289 g/mol. The van der Waals surface area contributed by atoms with Gasteiger partial charge in [-0.2, -0.15) is 4.98 Å². The Morgan fingerprint density at radius 1 is 1.33 bits per heavy atom. The van der Waals surface area contributed by atoms with Crippen molar-refractivity contribution in [1.82, 2.24) is 10.1 Å². The molecule has 1 aliphatic heterocycles. The number of aromatic nitrogens is 2. The molecule has 2 heterocycles. The van der Waals surface area contributed by atoms with Crippen LogP contribution >= 0.6 is 0 Å². The molecule has 0 bridgehead atoms. The summed E-state index contributed by atoms with van der Waals surface area (Å²) in [5.74, 6) is 1.51. The van der Waals surface area contributed by atoms with Crippen LogP contribution in [-0.4, -0.2) is 48.7 Å². The van der Waals surface area contributed by atoms with E-state index >= 15 is 0 Å².